The van der Waals surface area contributed by atoms with Crippen LogP contribution in [0, 0.1) is 6.92 Å². The number of benzene rings is 2. The van der Waals surface area contributed by atoms with E-state index in [4.69, 9.17) is 4.74 Å². The van der Waals surface area contributed by atoms with Crippen LogP contribution in [0.3, 0.4) is 0 Å². The summed E-state index contributed by atoms with van der Waals surface area (Å²) >= 11 is 0. The minimum atomic E-state index is -0.272. The second-order valence-electron chi connectivity index (χ2n) is 6.34. The number of hydrogen-bond donors (Lipinski definition) is 1. The molecule has 1 aliphatic heterocycles. The van der Waals surface area contributed by atoms with Crippen LogP contribution in [0.4, 0.5) is 11.4 Å². The van der Waals surface area contributed by atoms with Gasteiger partial charge in [0.2, 0.25) is 0 Å². The Balaban J connectivity index is 1.68. The number of nitrogens with zero attached hydrogens (tertiary/aromatic N) is 2. The summed E-state index contributed by atoms with van der Waals surface area (Å²) in [4.78, 5) is 30.7. The lowest BCUT2D eigenvalue weighted by Crippen LogP contribution is -2.25. The maximum atomic E-state index is 12.9. The maximum absolute atomic E-state index is 12.9. The Labute approximate surface area is 156 Å². The first kappa shape index (κ1) is 16.8. The highest BCUT2D eigenvalue weighted by Crippen LogP contribution is 2.39. The van der Waals surface area contributed by atoms with Crippen molar-refractivity contribution in [2.45, 2.75) is 6.92 Å². The largest absolute Gasteiger partial charge is 0.454 e. The molecule has 0 radical (unpaired) electrons. The average Bonchev–Trinajstić information content (AvgIpc) is 2.78. The molecule has 0 aliphatic carbocycles. The molecule has 1 aliphatic rings. The number of rotatable bonds is 2. The molecule has 0 saturated heterocycles. The summed E-state index contributed by atoms with van der Waals surface area (Å²) < 4.78 is 5.96. The predicted molar refractivity (Wildman–Crippen MR) is 103 cm³/mol. The van der Waals surface area contributed by atoms with Crippen LogP contribution in [-0.4, -0.2) is 23.8 Å². The SMILES string of the molecule is Cc1ccc2c(c1)N(C)C(=O)c1cc(NC(=O)c3ccncc3)ccc1O2. The van der Waals surface area contributed by atoms with E-state index in [9.17, 15) is 9.59 Å². The number of pyridine rings is 1. The highest BCUT2D eigenvalue weighted by molar-refractivity contribution is 6.11. The molecule has 134 valence electrons. The predicted octanol–water partition coefficient (Wildman–Crippen LogP) is 4.02. The van der Waals surface area contributed by atoms with Crippen LogP contribution in [0.1, 0.15) is 26.3 Å². The third-order valence-corrected chi connectivity index (χ3v) is 4.41. The van der Waals surface area contributed by atoms with Gasteiger partial charge in [-0.2, -0.15) is 0 Å². The molecule has 3 aromatic rings. The summed E-state index contributed by atoms with van der Waals surface area (Å²) in [6.45, 7) is 1.96. The Kier molecular flexibility index (Phi) is 4.08. The zero-order valence-electron chi connectivity index (χ0n) is 14.9. The number of aromatic nitrogens is 1. The van der Waals surface area contributed by atoms with Gasteiger partial charge in [0.15, 0.2) is 5.75 Å². The van der Waals surface area contributed by atoms with E-state index in [0.717, 1.165) is 5.56 Å². The number of carbonyl (C=O) groups excluding carboxylic acids is 2. The van der Waals surface area contributed by atoms with Crippen molar-refractivity contribution in [2.24, 2.45) is 0 Å². The molecule has 2 amide bonds. The molecule has 0 fully saturated rings. The standard InChI is InChI=1S/C21H17N3O3/c1-13-3-5-19-17(11-13)24(2)21(26)16-12-15(4-6-18(16)27-19)23-20(25)14-7-9-22-10-8-14/h3-12H,1-2H3,(H,23,25). The molecule has 0 unspecified atom stereocenters. The van der Waals surface area contributed by atoms with Crippen LogP contribution >= 0.6 is 0 Å². The normalized spacial score (nSPS) is 12.5. The van der Waals surface area contributed by atoms with Crippen molar-refractivity contribution in [1.29, 1.82) is 0 Å². The Morgan fingerprint density at radius 2 is 1.78 bits per heavy atom. The third kappa shape index (κ3) is 3.13. The molecule has 4 rings (SSSR count). The summed E-state index contributed by atoms with van der Waals surface area (Å²) in [5, 5.41) is 2.80. The van der Waals surface area contributed by atoms with Crippen LogP contribution in [0.15, 0.2) is 60.9 Å². The minimum absolute atomic E-state index is 0.200. The highest BCUT2D eigenvalue weighted by Gasteiger charge is 2.26. The first-order valence-electron chi connectivity index (χ1n) is 8.45. The summed E-state index contributed by atoms with van der Waals surface area (Å²) in [7, 11) is 1.71. The molecule has 0 bridgehead atoms. The number of aryl methyl sites for hydroxylation is 1. The highest BCUT2D eigenvalue weighted by atomic mass is 16.5. The van der Waals surface area contributed by atoms with Crippen molar-refractivity contribution in [2.75, 3.05) is 17.3 Å². The molecule has 2 aromatic carbocycles. The van der Waals surface area contributed by atoms with E-state index >= 15 is 0 Å². The van der Waals surface area contributed by atoms with Gasteiger partial charge < -0.3 is 15.0 Å². The van der Waals surface area contributed by atoms with E-state index in [2.05, 4.69) is 10.3 Å². The smallest absolute Gasteiger partial charge is 0.261 e. The number of amides is 2. The number of hydrogen-bond acceptors (Lipinski definition) is 4. The van der Waals surface area contributed by atoms with E-state index < -0.39 is 0 Å². The zero-order chi connectivity index (χ0) is 19.0. The second-order valence-corrected chi connectivity index (χ2v) is 6.34. The van der Waals surface area contributed by atoms with E-state index in [1.807, 2.05) is 25.1 Å². The summed E-state index contributed by atoms with van der Waals surface area (Å²) in [5.74, 6) is 0.598. The Bertz CT molecular complexity index is 1050. The Hall–Kier alpha value is -3.67. The van der Waals surface area contributed by atoms with Gasteiger partial charge in [-0.1, -0.05) is 6.07 Å². The number of anilines is 2. The molecule has 0 spiro atoms. The fourth-order valence-corrected chi connectivity index (χ4v) is 2.95. The third-order valence-electron chi connectivity index (χ3n) is 4.41. The zero-order valence-corrected chi connectivity index (χ0v) is 14.9. The fraction of sp³-hybridized carbons (Fsp3) is 0.0952. The number of ether oxygens (including phenoxy) is 1. The first-order chi connectivity index (χ1) is 13.0. The van der Waals surface area contributed by atoms with Crippen molar-refractivity contribution in [1.82, 2.24) is 4.98 Å². The number of nitrogens with one attached hydrogen (secondary N) is 1. The maximum Gasteiger partial charge on any atom is 0.261 e. The summed E-state index contributed by atoms with van der Waals surface area (Å²) in [5.41, 5.74) is 3.14. The van der Waals surface area contributed by atoms with Gasteiger partial charge in [-0.15, -0.1) is 0 Å². The Morgan fingerprint density at radius 3 is 2.56 bits per heavy atom. The van der Waals surface area contributed by atoms with Crippen molar-refractivity contribution >= 4 is 23.2 Å². The molecule has 1 N–H and O–H groups in total. The number of carbonyl (C=O) groups is 2. The quantitative estimate of drug-likeness (QED) is 0.750. The van der Waals surface area contributed by atoms with Gasteiger partial charge in [0.1, 0.15) is 5.75 Å². The van der Waals surface area contributed by atoms with Crippen LogP contribution in [-0.2, 0) is 0 Å². The fourth-order valence-electron chi connectivity index (χ4n) is 2.95. The average molecular weight is 359 g/mol. The second kappa shape index (κ2) is 6.57. The van der Waals surface area contributed by atoms with Gasteiger partial charge in [-0.3, -0.25) is 14.6 Å². The van der Waals surface area contributed by atoms with Crippen LogP contribution in [0.2, 0.25) is 0 Å². The van der Waals surface area contributed by atoms with Crippen LogP contribution < -0.4 is 15.0 Å². The molecule has 0 saturated carbocycles. The molecular formula is C21H17N3O3. The molecule has 0 atom stereocenters. The van der Waals surface area contributed by atoms with Crippen LogP contribution in [0.25, 0.3) is 0 Å². The van der Waals surface area contributed by atoms with Crippen molar-refractivity contribution in [3.05, 3.63) is 77.6 Å². The van der Waals surface area contributed by atoms with Gasteiger partial charge in [-0.25, -0.2) is 0 Å². The topological polar surface area (TPSA) is 71.5 Å². The monoisotopic (exact) mass is 359 g/mol. The van der Waals surface area contributed by atoms with Gasteiger partial charge >= 0.3 is 0 Å². The van der Waals surface area contributed by atoms with E-state index in [-0.39, 0.29) is 11.8 Å². The Morgan fingerprint density at radius 1 is 1.04 bits per heavy atom. The van der Waals surface area contributed by atoms with Gasteiger partial charge in [0, 0.05) is 30.7 Å². The first-order valence-corrected chi connectivity index (χ1v) is 8.45. The molecule has 6 nitrogen and oxygen atoms in total. The van der Waals surface area contributed by atoms with Gasteiger partial charge in [-0.05, 0) is 55.0 Å². The molecular weight excluding hydrogens is 342 g/mol. The van der Waals surface area contributed by atoms with Crippen molar-refractivity contribution < 1.29 is 14.3 Å². The van der Waals surface area contributed by atoms with Crippen molar-refractivity contribution in [3.63, 3.8) is 0 Å². The summed E-state index contributed by atoms with van der Waals surface area (Å²) in [6.07, 6.45) is 3.11. The van der Waals surface area contributed by atoms with E-state index in [1.54, 1.807) is 54.7 Å². The molecule has 6 heteroatoms. The van der Waals surface area contributed by atoms with Gasteiger partial charge in [0.05, 0.1) is 11.3 Å². The van der Waals surface area contributed by atoms with Crippen molar-refractivity contribution in [3.8, 4) is 11.5 Å². The molecule has 27 heavy (non-hydrogen) atoms. The minimum Gasteiger partial charge on any atom is -0.454 e. The summed E-state index contributed by atoms with van der Waals surface area (Å²) in [6, 6.07) is 14.0. The van der Waals surface area contributed by atoms with E-state index in [0.29, 0.717) is 34.0 Å². The molecule has 2 heterocycles. The lowest BCUT2D eigenvalue weighted by atomic mass is 10.1. The number of fused-ring (bicyclic) bond motifs is 2. The lowest BCUT2D eigenvalue weighted by molar-refractivity contribution is 0.0990. The molecule has 1 aromatic heterocycles. The van der Waals surface area contributed by atoms with E-state index in [1.165, 1.54) is 0 Å². The van der Waals surface area contributed by atoms with Crippen LogP contribution in [0.5, 0.6) is 11.5 Å². The lowest BCUT2D eigenvalue weighted by Gasteiger charge is -2.16. The van der Waals surface area contributed by atoms with Gasteiger partial charge in [0.25, 0.3) is 11.8 Å².